The number of thioether (sulfide) groups is 1. The summed E-state index contributed by atoms with van der Waals surface area (Å²) in [5.41, 5.74) is 1.64. The third-order valence-corrected chi connectivity index (χ3v) is 12.7. The highest BCUT2D eigenvalue weighted by atomic mass is 35.5. The molecule has 0 saturated carbocycles. The monoisotopic (exact) mass is 723 g/mol. The van der Waals surface area contributed by atoms with Gasteiger partial charge in [0.15, 0.2) is 6.54 Å². The van der Waals surface area contributed by atoms with Gasteiger partial charge in [0.1, 0.15) is 4.70 Å². The van der Waals surface area contributed by atoms with Crippen LogP contribution in [-0.4, -0.2) is 67.5 Å². The molecule has 15 heteroatoms. The quantitative estimate of drug-likeness (QED) is 0.160. The number of thiazole rings is 1. The van der Waals surface area contributed by atoms with Crippen LogP contribution in [0.4, 0.5) is 5.69 Å². The van der Waals surface area contributed by atoms with Gasteiger partial charge in [-0.1, -0.05) is 67.1 Å². The van der Waals surface area contributed by atoms with Gasteiger partial charge in [-0.25, -0.2) is 8.42 Å². The maximum Gasteiger partial charge on any atom is 0.267 e. The Balaban J connectivity index is 0.000000676. The Kier molecular flexibility index (Phi) is 13.4. The van der Waals surface area contributed by atoms with Crippen molar-refractivity contribution in [2.24, 2.45) is 0 Å². The zero-order valence-electron chi connectivity index (χ0n) is 25.4. The maximum absolute atomic E-state index is 11.6. The standard InChI is InChI=1S/C23H24Cl2N2O6S4.C6H15N/c1-14(36(28,29)30)7-9-26-18-11-16(24)3-5-20(18)34-22(26)13-23-27(10-8-15(2)37(31,32)33)19-12-17(25)4-6-21(19)35-23;1-4-7(5-2)6-3/h3-6,11-15H,7-10H2,1-2H3,(H-,28,29,30,31,32,33);4-6H2,1-3H3. The molecular weight excluding hydrogens is 686 g/mol. The summed E-state index contributed by atoms with van der Waals surface area (Å²) in [7, 11) is -8.61. The molecule has 4 rings (SSSR count). The smallest absolute Gasteiger partial charge is 0.267 e. The van der Waals surface area contributed by atoms with Gasteiger partial charge in [0.25, 0.3) is 15.1 Å². The van der Waals surface area contributed by atoms with Gasteiger partial charge < -0.3 is 14.4 Å². The summed E-state index contributed by atoms with van der Waals surface area (Å²) in [6, 6.07) is 10.9. The van der Waals surface area contributed by atoms with Crippen molar-refractivity contribution in [2.45, 2.75) is 69.4 Å². The van der Waals surface area contributed by atoms with E-state index >= 15 is 0 Å². The molecule has 1 aliphatic rings. The Morgan fingerprint density at radius 1 is 0.977 bits per heavy atom. The molecule has 0 spiro atoms. The molecule has 9 nitrogen and oxygen atoms in total. The van der Waals surface area contributed by atoms with Crippen LogP contribution in [0.15, 0.2) is 46.3 Å². The second kappa shape index (κ2) is 15.9. The number of fused-ring (bicyclic) bond motifs is 2. The van der Waals surface area contributed by atoms with Crippen molar-refractivity contribution >= 4 is 88.5 Å². The van der Waals surface area contributed by atoms with E-state index in [2.05, 4.69) is 25.7 Å². The Morgan fingerprint density at radius 2 is 1.59 bits per heavy atom. The molecule has 1 aromatic heterocycles. The van der Waals surface area contributed by atoms with Crippen LogP contribution in [0, 0.1) is 0 Å². The lowest BCUT2D eigenvalue weighted by atomic mass is 10.2. The minimum Gasteiger partial charge on any atom is -0.748 e. The van der Waals surface area contributed by atoms with E-state index in [4.69, 9.17) is 23.2 Å². The van der Waals surface area contributed by atoms with Crippen LogP contribution in [0.2, 0.25) is 10.0 Å². The van der Waals surface area contributed by atoms with Crippen LogP contribution in [0.3, 0.4) is 0 Å². The first-order chi connectivity index (χ1) is 20.6. The lowest BCUT2D eigenvalue weighted by Gasteiger charge is -2.21. The van der Waals surface area contributed by atoms with E-state index in [-0.39, 0.29) is 19.4 Å². The molecule has 2 unspecified atom stereocenters. The van der Waals surface area contributed by atoms with Gasteiger partial charge in [0, 0.05) is 34.0 Å². The van der Waals surface area contributed by atoms with Gasteiger partial charge in [-0.2, -0.15) is 13.0 Å². The van der Waals surface area contributed by atoms with Crippen LogP contribution < -0.4 is 9.47 Å². The Labute approximate surface area is 279 Å². The van der Waals surface area contributed by atoms with Crippen molar-refractivity contribution < 1.29 is 30.5 Å². The van der Waals surface area contributed by atoms with Crippen molar-refractivity contribution in [1.82, 2.24) is 4.90 Å². The molecule has 0 fully saturated rings. The van der Waals surface area contributed by atoms with Gasteiger partial charge in [0.2, 0.25) is 5.52 Å². The molecule has 2 atom stereocenters. The predicted molar refractivity (Wildman–Crippen MR) is 183 cm³/mol. The molecule has 44 heavy (non-hydrogen) atoms. The summed E-state index contributed by atoms with van der Waals surface area (Å²) in [6.07, 6.45) is 2.26. The lowest BCUT2D eigenvalue weighted by molar-refractivity contribution is -0.669. The summed E-state index contributed by atoms with van der Waals surface area (Å²) in [5, 5.41) is 0.681. The molecule has 0 amide bonds. The van der Waals surface area contributed by atoms with Crippen molar-refractivity contribution in [3.8, 4) is 0 Å². The average Bonchev–Trinajstić information content (AvgIpc) is 3.46. The molecule has 1 N–H and O–H groups in total. The molecule has 1 aliphatic heterocycles. The van der Waals surface area contributed by atoms with E-state index in [0.717, 1.165) is 30.8 Å². The first-order valence-corrected chi connectivity index (χ1v) is 19.7. The van der Waals surface area contributed by atoms with Gasteiger partial charge >= 0.3 is 0 Å². The summed E-state index contributed by atoms with van der Waals surface area (Å²) >= 11 is 15.5. The van der Waals surface area contributed by atoms with Crippen molar-refractivity contribution in [1.29, 1.82) is 0 Å². The topological polar surface area (TPSA) is 122 Å². The zero-order chi connectivity index (χ0) is 32.8. The van der Waals surface area contributed by atoms with E-state index in [1.54, 1.807) is 18.2 Å². The van der Waals surface area contributed by atoms with E-state index < -0.39 is 30.7 Å². The second-order valence-electron chi connectivity index (χ2n) is 10.4. The molecular formula is C29H39Cl2N3O6S4. The maximum atomic E-state index is 11.6. The van der Waals surface area contributed by atoms with Crippen LogP contribution in [0.5, 0.6) is 0 Å². The Bertz CT molecular complexity index is 1690. The fourth-order valence-electron chi connectivity index (χ4n) is 4.52. The number of benzene rings is 2. The molecule has 3 aromatic rings. The molecule has 0 bridgehead atoms. The Morgan fingerprint density at radius 3 is 2.16 bits per heavy atom. The molecule has 2 aromatic carbocycles. The third-order valence-electron chi connectivity index (χ3n) is 7.49. The molecule has 0 saturated heterocycles. The molecule has 244 valence electrons. The van der Waals surface area contributed by atoms with Crippen LogP contribution in [-0.2, 0) is 26.8 Å². The number of hydrogen-bond acceptors (Lipinski definition) is 9. The van der Waals surface area contributed by atoms with Gasteiger partial charge in [0.05, 0.1) is 37.4 Å². The van der Waals surface area contributed by atoms with Crippen LogP contribution >= 0.6 is 46.3 Å². The predicted octanol–water partition coefficient (Wildman–Crippen LogP) is 6.74. The largest absolute Gasteiger partial charge is 0.748 e. The number of nitrogens with zero attached hydrogens (tertiary/aromatic N) is 3. The third kappa shape index (κ3) is 9.79. The SMILES string of the molecule is CC(CC[n+]1c(C=C2Sc3ccc(Cl)cc3N2CCC(C)S(=O)(=O)O)sc2ccc(Cl)cc21)S(=O)(=O)[O-].CCN(CC)CC. The molecule has 0 radical (unpaired) electrons. The molecule has 2 heterocycles. The minimum atomic E-state index is -4.43. The van der Waals surface area contributed by atoms with Crippen molar-refractivity contribution in [3.63, 3.8) is 0 Å². The second-order valence-corrected chi connectivity index (χ2v) is 17.0. The highest BCUT2D eigenvalue weighted by Crippen LogP contribution is 2.48. The lowest BCUT2D eigenvalue weighted by Crippen LogP contribution is -2.37. The fourth-order valence-corrected chi connectivity index (χ4v) is 7.93. The summed E-state index contributed by atoms with van der Waals surface area (Å²) in [5.74, 6) is 0. The van der Waals surface area contributed by atoms with Crippen LogP contribution in [0.25, 0.3) is 16.3 Å². The number of hydrogen-bond donors (Lipinski definition) is 1. The summed E-state index contributed by atoms with van der Waals surface area (Å²) < 4.78 is 70.0. The first kappa shape index (κ1) is 37.0. The molecule has 0 aliphatic carbocycles. The van der Waals surface area contributed by atoms with Gasteiger partial charge in [-0.15, -0.1) is 0 Å². The highest BCUT2D eigenvalue weighted by Gasteiger charge is 2.30. The number of rotatable bonds is 12. The van der Waals surface area contributed by atoms with Crippen molar-refractivity contribution in [2.75, 3.05) is 31.1 Å². The van der Waals surface area contributed by atoms with E-state index in [0.29, 0.717) is 16.6 Å². The van der Waals surface area contributed by atoms with E-state index in [1.165, 1.54) is 56.6 Å². The van der Waals surface area contributed by atoms with Gasteiger partial charge in [-0.3, -0.25) is 4.55 Å². The average molecular weight is 725 g/mol. The fraction of sp³-hybridized carbons (Fsp3) is 0.483. The normalized spacial score (nSPS) is 15.9. The Hall–Kier alpha value is -1.42. The highest BCUT2D eigenvalue weighted by molar-refractivity contribution is 8.04. The number of anilines is 1. The van der Waals surface area contributed by atoms with Gasteiger partial charge in [-0.05, 0) is 70.2 Å². The van der Waals surface area contributed by atoms with E-state index in [9.17, 15) is 25.9 Å². The number of halogens is 2. The van der Waals surface area contributed by atoms with Crippen LogP contribution in [0.1, 0.15) is 52.5 Å². The number of aryl methyl sites for hydroxylation is 1. The minimum absolute atomic E-state index is 0.129. The van der Waals surface area contributed by atoms with Crippen molar-refractivity contribution in [3.05, 3.63) is 56.5 Å². The number of aromatic nitrogens is 1. The summed E-state index contributed by atoms with van der Waals surface area (Å²) in [4.78, 5) is 5.27. The summed E-state index contributed by atoms with van der Waals surface area (Å²) in [6.45, 7) is 13.6. The zero-order valence-corrected chi connectivity index (χ0v) is 30.1. The van der Waals surface area contributed by atoms with E-state index in [1.807, 2.05) is 33.7 Å². The first-order valence-electron chi connectivity index (χ1n) is 14.3.